The fraction of sp³-hybridized carbons (Fsp3) is 0.167. The van der Waals surface area contributed by atoms with Crippen LogP contribution < -0.4 is 4.74 Å². The number of hydrogen-bond acceptors (Lipinski definition) is 3. The van der Waals surface area contributed by atoms with Crippen molar-refractivity contribution in [2.24, 2.45) is 0 Å². The number of thioether (sulfide) groups is 1. The third kappa shape index (κ3) is 5.23. The van der Waals surface area contributed by atoms with Gasteiger partial charge in [-0.2, -0.15) is 8.78 Å². The molecule has 0 atom stereocenters. The molecule has 0 spiro atoms. The Kier molecular flexibility index (Phi) is 8.61. The lowest BCUT2D eigenvalue weighted by molar-refractivity contribution is 0.269. The second-order valence-corrected chi connectivity index (χ2v) is 8.82. The van der Waals surface area contributed by atoms with Crippen molar-refractivity contribution in [3.63, 3.8) is 0 Å². The number of benzene rings is 3. The molecule has 0 saturated heterocycles. The van der Waals surface area contributed by atoms with Gasteiger partial charge in [-0.3, -0.25) is 0 Å². The summed E-state index contributed by atoms with van der Waals surface area (Å²) < 4.78 is 122. The van der Waals surface area contributed by atoms with Gasteiger partial charge in [0, 0.05) is 16.2 Å². The van der Waals surface area contributed by atoms with Crippen LogP contribution >= 0.6 is 23.5 Å². The summed E-state index contributed by atoms with van der Waals surface area (Å²) in [5.74, 6) is -16.6. The van der Waals surface area contributed by atoms with Crippen LogP contribution in [0, 0.1) is 58.9 Å². The summed E-state index contributed by atoms with van der Waals surface area (Å²) >= 11 is 1.69. The monoisotopic (exact) mass is 534 g/mol. The van der Waals surface area contributed by atoms with Crippen LogP contribution in [0.25, 0.3) is 11.1 Å². The van der Waals surface area contributed by atoms with E-state index in [1.807, 2.05) is 0 Å². The lowest BCUT2D eigenvalue weighted by Crippen LogP contribution is -2.10. The molecule has 0 unspecified atom stereocenters. The molecule has 0 saturated carbocycles. The second-order valence-electron chi connectivity index (χ2n) is 6.85. The Balaban J connectivity index is 2.11. The van der Waals surface area contributed by atoms with Gasteiger partial charge in [0.25, 0.3) is 0 Å². The van der Waals surface area contributed by atoms with Crippen LogP contribution in [0.4, 0.5) is 35.1 Å². The third-order valence-corrected chi connectivity index (χ3v) is 6.50. The fourth-order valence-electron chi connectivity index (χ4n) is 2.99. The van der Waals surface area contributed by atoms with Crippen molar-refractivity contribution in [3.05, 3.63) is 70.8 Å². The van der Waals surface area contributed by atoms with Crippen molar-refractivity contribution >= 4 is 23.5 Å². The summed E-state index contributed by atoms with van der Waals surface area (Å²) in [5.41, 5.74) is -3.89. The molecule has 0 amide bonds. The Morgan fingerprint density at radius 1 is 0.714 bits per heavy atom. The van der Waals surface area contributed by atoms with E-state index in [1.165, 1.54) is 23.9 Å². The number of rotatable bonds is 8. The Hall–Kier alpha value is -2.84. The van der Waals surface area contributed by atoms with Gasteiger partial charge in [-0.1, -0.05) is 11.8 Å². The van der Waals surface area contributed by atoms with Gasteiger partial charge in [-0.15, -0.1) is 24.1 Å². The Labute approximate surface area is 203 Å². The topological polar surface area (TPSA) is 9.23 Å². The average molecular weight is 534 g/mol. The van der Waals surface area contributed by atoms with Crippen LogP contribution in [-0.2, 0) is 0 Å². The van der Waals surface area contributed by atoms with E-state index in [-0.39, 0.29) is 17.7 Å². The van der Waals surface area contributed by atoms with E-state index in [4.69, 9.17) is 6.42 Å². The average Bonchev–Trinajstić information content (AvgIpc) is 2.86. The summed E-state index contributed by atoms with van der Waals surface area (Å²) in [6.07, 6.45) is 7.01. The van der Waals surface area contributed by atoms with Crippen molar-refractivity contribution in [2.45, 2.75) is 27.5 Å². The van der Waals surface area contributed by atoms with Gasteiger partial charge < -0.3 is 4.74 Å². The predicted molar refractivity (Wildman–Crippen MR) is 117 cm³/mol. The van der Waals surface area contributed by atoms with Gasteiger partial charge in [0.05, 0.1) is 22.6 Å². The normalized spacial score (nSPS) is 11.0. The molecule has 0 N–H and O–H groups in total. The number of unbranched alkanes of at least 4 members (excludes halogenated alkanes) is 1. The molecule has 11 heteroatoms. The van der Waals surface area contributed by atoms with Gasteiger partial charge in [0.15, 0.2) is 40.7 Å². The third-order valence-electron chi connectivity index (χ3n) is 4.69. The Morgan fingerprint density at radius 2 is 1.17 bits per heavy atom. The van der Waals surface area contributed by atoms with Crippen molar-refractivity contribution in [1.82, 2.24) is 0 Å². The standard InChI is InChI=1S/C24H14F8OS2/c1-3-4-5-10-33-23-19(29)15(25)13(16(26)20(23)30)14-17(27)21(31)24(22(32)18(14)28)35-12-8-6-11(34-2)7-9-12/h1,6-9H,4-5,10H2,2H3. The molecule has 0 radical (unpaired) electrons. The summed E-state index contributed by atoms with van der Waals surface area (Å²) in [7, 11) is 0. The summed E-state index contributed by atoms with van der Waals surface area (Å²) in [6, 6.07) is 6.06. The first-order chi connectivity index (χ1) is 16.6. The maximum Gasteiger partial charge on any atom is 0.204 e. The van der Waals surface area contributed by atoms with Gasteiger partial charge in [-0.05, 0) is 36.9 Å². The minimum Gasteiger partial charge on any atom is -0.487 e. The lowest BCUT2D eigenvalue weighted by Gasteiger charge is -2.16. The maximum atomic E-state index is 14.8. The van der Waals surface area contributed by atoms with E-state index in [0.29, 0.717) is 11.8 Å². The molecular formula is C24H14F8OS2. The first-order valence-electron chi connectivity index (χ1n) is 9.74. The van der Waals surface area contributed by atoms with E-state index in [0.717, 1.165) is 4.90 Å². The molecule has 0 aliphatic rings. The number of halogens is 8. The minimum absolute atomic E-state index is 0.0825. The molecule has 0 bridgehead atoms. The first kappa shape index (κ1) is 26.8. The largest absolute Gasteiger partial charge is 0.487 e. The minimum atomic E-state index is -2.29. The summed E-state index contributed by atoms with van der Waals surface area (Å²) in [5, 5.41) is 0. The zero-order valence-corrected chi connectivity index (χ0v) is 19.4. The Morgan fingerprint density at radius 3 is 1.63 bits per heavy atom. The van der Waals surface area contributed by atoms with Gasteiger partial charge in [0.1, 0.15) is 0 Å². The molecule has 3 rings (SSSR count). The number of hydrogen-bond donors (Lipinski definition) is 0. The van der Waals surface area contributed by atoms with Crippen molar-refractivity contribution in [1.29, 1.82) is 0 Å². The van der Waals surface area contributed by atoms with Crippen LogP contribution in [0.5, 0.6) is 5.75 Å². The molecule has 0 heterocycles. The fourth-order valence-corrected chi connectivity index (χ4v) is 4.26. The van der Waals surface area contributed by atoms with Gasteiger partial charge in [-0.25, -0.2) is 26.3 Å². The smallest absolute Gasteiger partial charge is 0.204 e. The second kappa shape index (κ2) is 11.3. The van der Waals surface area contributed by atoms with E-state index in [2.05, 4.69) is 10.7 Å². The lowest BCUT2D eigenvalue weighted by atomic mass is 10.0. The maximum absolute atomic E-state index is 14.8. The Bertz CT molecular complexity index is 1240. The van der Waals surface area contributed by atoms with Crippen LogP contribution in [0.2, 0.25) is 0 Å². The van der Waals surface area contributed by atoms with Crippen LogP contribution in [0.3, 0.4) is 0 Å². The SMILES string of the molecule is C#CCCCOc1c(F)c(F)c(-c2c(F)c(F)c(Sc3ccc(SC)cc3)c(F)c2F)c(F)c1F. The van der Waals surface area contributed by atoms with Crippen molar-refractivity contribution < 1.29 is 39.9 Å². The molecule has 1 nitrogen and oxygen atoms in total. The molecule has 0 aromatic heterocycles. The highest BCUT2D eigenvalue weighted by Gasteiger charge is 2.34. The van der Waals surface area contributed by atoms with Crippen LogP contribution in [0.15, 0.2) is 39.0 Å². The quantitative estimate of drug-likeness (QED) is 0.0950. The predicted octanol–water partition coefficient (Wildman–Crippen LogP) is 8.13. The van der Waals surface area contributed by atoms with Crippen LogP contribution in [0.1, 0.15) is 12.8 Å². The summed E-state index contributed by atoms with van der Waals surface area (Å²) in [6.45, 7) is -0.425. The zero-order chi connectivity index (χ0) is 25.9. The molecule has 3 aromatic rings. The van der Waals surface area contributed by atoms with Gasteiger partial charge in [0.2, 0.25) is 11.6 Å². The zero-order valence-electron chi connectivity index (χ0n) is 17.8. The molecule has 0 aliphatic heterocycles. The van der Waals surface area contributed by atoms with E-state index in [9.17, 15) is 35.1 Å². The van der Waals surface area contributed by atoms with E-state index >= 15 is 0 Å². The van der Waals surface area contributed by atoms with E-state index < -0.39 is 74.9 Å². The van der Waals surface area contributed by atoms with E-state index in [1.54, 1.807) is 18.4 Å². The van der Waals surface area contributed by atoms with Gasteiger partial charge >= 0.3 is 0 Å². The van der Waals surface area contributed by atoms with Crippen LogP contribution in [-0.4, -0.2) is 12.9 Å². The highest BCUT2D eigenvalue weighted by atomic mass is 32.2. The highest BCUT2D eigenvalue weighted by Crippen LogP contribution is 2.43. The number of ether oxygens (including phenoxy) is 1. The molecule has 0 fully saturated rings. The summed E-state index contributed by atoms with van der Waals surface area (Å²) in [4.78, 5) is -0.134. The van der Waals surface area contributed by atoms with Crippen molar-refractivity contribution in [3.8, 4) is 29.2 Å². The molecule has 35 heavy (non-hydrogen) atoms. The number of terminal acetylenes is 1. The van der Waals surface area contributed by atoms with Crippen molar-refractivity contribution in [2.75, 3.05) is 12.9 Å². The molecule has 3 aromatic carbocycles. The first-order valence-corrected chi connectivity index (χ1v) is 11.8. The molecule has 184 valence electrons. The molecular weight excluding hydrogens is 520 g/mol. The highest BCUT2D eigenvalue weighted by molar-refractivity contribution is 7.99. The molecule has 0 aliphatic carbocycles.